The molecule has 0 saturated heterocycles. The van der Waals surface area contributed by atoms with Crippen LogP contribution in [0.25, 0.3) is 11.1 Å². The van der Waals surface area contributed by atoms with Gasteiger partial charge in [-0.3, -0.25) is 19.2 Å². The Morgan fingerprint density at radius 3 is 1.61 bits per heavy atom. The highest BCUT2D eigenvalue weighted by Crippen LogP contribution is 2.49. The van der Waals surface area contributed by atoms with Gasteiger partial charge in [-0.15, -0.1) is 11.8 Å². The molecule has 0 bridgehead atoms. The summed E-state index contributed by atoms with van der Waals surface area (Å²) in [5.41, 5.74) is 5.58. The fourth-order valence-electron chi connectivity index (χ4n) is 7.58. The summed E-state index contributed by atoms with van der Waals surface area (Å²) in [5.74, 6) is -3.06. The first-order valence-electron chi connectivity index (χ1n) is 20.2. The van der Waals surface area contributed by atoms with E-state index in [-0.39, 0.29) is 24.8 Å². The number of nitrogens with one attached hydrogen (secondary N) is 4. The third-order valence-electron chi connectivity index (χ3n) is 10.8. The van der Waals surface area contributed by atoms with Crippen molar-refractivity contribution in [2.24, 2.45) is 5.92 Å². The Morgan fingerprint density at radius 2 is 1.13 bits per heavy atom. The molecular weight excluding hydrogens is 789 g/mol. The highest BCUT2D eigenvalue weighted by atomic mass is 32.2. The van der Waals surface area contributed by atoms with Gasteiger partial charge in [0, 0.05) is 11.7 Å². The van der Waals surface area contributed by atoms with Crippen LogP contribution in [0, 0.1) is 5.92 Å². The molecular formula is C49H52N4O7S. The largest absolute Gasteiger partial charge is 0.468 e. The van der Waals surface area contributed by atoms with Crippen molar-refractivity contribution in [3.63, 3.8) is 0 Å². The zero-order chi connectivity index (χ0) is 43.6. The minimum Gasteiger partial charge on any atom is -0.468 e. The molecule has 0 aromatic heterocycles. The number of esters is 1. The van der Waals surface area contributed by atoms with Crippen molar-refractivity contribution < 1.29 is 33.4 Å². The van der Waals surface area contributed by atoms with Crippen molar-refractivity contribution in [1.29, 1.82) is 0 Å². The summed E-state index contributed by atoms with van der Waals surface area (Å²) in [4.78, 5) is 67.4. The Bertz CT molecular complexity index is 2180. The minimum absolute atomic E-state index is 0.0336. The highest BCUT2D eigenvalue weighted by molar-refractivity contribution is 8.00. The van der Waals surface area contributed by atoms with Crippen molar-refractivity contribution in [3.8, 4) is 11.1 Å². The van der Waals surface area contributed by atoms with Gasteiger partial charge >= 0.3 is 12.1 Å². The third-order valence-corrected chi connectivity index (χ3v) is 12.5. The number of ether oxygens (including phenoxy) is 2. The van der Waals surface area contributed by atoms with Crippen LogP contribution in [0.4, 0.5) is 4.79 Å². The Hall–Kier alpha value is -6.40. The molecule has 5 aromatic rings. The lowest BCUT2D eigenvalue weighted by atomic mass is 9.84. The number of amides is 4. The van der Waals surface area contributed by atoms with E-state index in [4.69, 9.17) is 4.74 Å². The molecule has 0 heterocycles. The van der Waals surface area contributed by atoms with Gasteiger partial charge in [-0.2, -0.15) is 0 Å². The molecule has 0 unspecified atom stereocenters. The fourth-order valence-corrected chi connectivity index (χ4v) is 9.13. The highest BCUT2D eigenvalue weighted by Gasteiger charge is 2.41. The molecule has 11 nitrogen and oxygen atoms in total. The van der Waals surface area contributed by atoms with Gasteiger partial charge < -0.3 is 30.7 Å². The topological polar surface area (TPSA) is 152 Å². The quantitative estimate of drug-likeness (QED) is 0.0581. The van der Waals surface area contributed by atoms with E-state index in [0.29, 0.717) is 0 Å². The first kappa shape index (κ1) is 44.2. The maximum Gasteiger partial charge on any atom is 0.408 e. The molecule has 1 aliphatic carbocycles. The van der Waals surface area contributed by atoms with Gasteiger partial charge in [0.25, 0.3) is 0 Å². The maximum atomic E-state index is 14.5. The number of fused-ring (bicyclic) bond motifs is 3. The number of carbonyl (C=O) groups is 5. The molecule has 316 valence electrons. The van der Waals surface area contributed by atoms with Gasteiger partial charge in [-0.25, -0.2) is 4.79 Å². The normalized spacial score (nSPS) is 13.2. The summed E-state index contributed by atoms with van der Waals surface area (Å²) >= 11 is 1.45. The molecule has 4 amide bonds. The van der Waals surface area contributed by atoms with Gasteiger partial charge in [0.2, 0.25) is 17.7 Å². The van der Waals surface area contributed by atoms with Crippen molar-refractivity contribution in [3.05, 3.63) is 167 Å². The average Bonchev–Trinajstić information content (AvgIpc) is 3.60. The second-order valence-electron chi connectivity index (χ2n) is 15.7. The molecule has 4 N–H and O–H groups in total. The lowest BCUT2D eigenvalue weighted by Gasteiger charge is -2.37. The predicted octanol–water partition coefficient (Wildman–Crippen LogP) is 6.94. The number of hydrogen-bond donors (Lipinski definition) is 4. The van der Waals surface area contributed by atoms with Gasteiger partial charge in [0.05, 0.1) is 11.9 Å². The zero-order valence-electron chi connectivity index (χ0n) is 35.0. The molecule has 0 radical (unpaired) electrons. The molecule has 6 rings (SSSR count). The van der Waals surface area contributed by atoms with E-state index >= 15 is 0 Å². The van der Waals surface area contributed by atoms with Crippen molar-refractivity contribution >= 4 is 41.5 Å². The molecule has 5 aromatic carbocycles. The molecule has 0 aliphatic heterocycles. The van der Waals surface area contributed by atoms with Crippen molar-refractivity contribution in [2.75, 3.05) is 26.0 Å². The van der Waals surface area contributed by atoms with Crippen LogP contribution in [0.2, 0.25) is 0 Å². The first-order chi connectivity index (χ1) is 29.4. The summed E-state index contributed by atoms with van der Waals surface area (Å²) in [7, 11) is 1.21. The van der Waals surface area contributed by atoms with Crippen LogP contribution in [0.5, 0.6) is 0 Å². The molecule has 0 saturated carbocycles. The Balaban J connectivity index is 1.26. The van der Waals surface area contributed by atoms with Crippen LogP contribution in [0.1, 0.15) is 61.4 Å². The number of thioether (sulfide) groups is 1. The number of carbonyl (C=O) groups excluding carboxylic acids is 5. The SMILES string of the molecule is COC(=O)CNC(=O)[C@H](NC(=O)[C@@H](CSC(c1ccccc1)(c1ccccc1)c1ccccc1)NC(=O)C(C)(C)NC(=O)OCC1c2ccccc2-c2ccccc21)C(C)C. The smallest absolute Gasteiger partial charge is 0.408 e. The maximum absolute atomic E-state index is 14.5. The lowest BCUT2D eigenvalue weighted by Crippen LogP contribution is -2.61. The van der Waals surface area contributed by atoms with E-state index in [1.165, 1.54) is 32.7 Å². The second kappa shape index (κ2) is 19.8. The van der Waals surface area contributed by atoms with E-state index in [1.807, 2.05) is 140 Å². The number of methoxy groups -OCH3 is 1. The van der Waals surface area contributed by atoms with Crippen LogP contribution < -0.4 is 21.3 Å². The van der Waals surface area contributed by atoms with Crippen LogP contribution in [0.15, 0.2) is 140 Å². The summed E-state index contributed by atoms with van der Waals surface area (Å²) in [6.07, 6.45) is -0.796. The predicted molar refractivity (Wildman–Crippen MR) is 238 cm³/mol. The van der Waals surface area contributed by atoms with Crippen molar-refractivity contribution in [1.82, 2.24) is 21.3 Å². The van der Waals surface area contributed by atoms with Gasteiger partial charge in [0.15, 0.2) is 0 Å². The summed E-state index contributed by atoms with van der Waals surface area (Å²) < 4.78 is 9.61. The number of hydrogen-bond acceptors (Lipinski definition) is 8. The van der Waals surface area contributed by atoms with Gasteiger partial charge in [0.1, 0.15) is 30.8 Å². The monoisotopic (exact) mass is 840 g/mol. The first-order valence-corrected chi connectivity index (χ1v) is 21.2. The number of benzene rings is 5. The van der Waals surface area contributed by atoms with Gasteiger partial charge in [-0.1, -0.05) is 153 Å². The standard InChI is InChI=1S/C49H52N4O7S/c1-32(2)43(45(56)50-29-42(54)59-5)52-44(55)41(31-61-49(33-19-9-6-10-20-33,34-21-11-7-12-22-34)35-23-13-8-14-24-35)51-46(57)48(3,4)53-47(58)60-30-40-38-27-17-15-25-36(38)37-26-16-18-28-39(37)40/h6-28,32,40-41,43H,29-31H2,1-5H3,(H,50,56)(H,51,57)(H,52,55)(H,53,58)/t41-,43-/m1/s1. The number of alkyl carbamates (subject to hydrolysis) is 1. The van der Waals surface area contributed by atoms with Crippen LogP contribution in [0.3, 0.4) is 0 Å². The van der Waals surface area contributed by atoms with E-state index in [9.17, 15) is 24.0 Å². The summed E-state index contributed by atoms with van der Waals surface area (Å²) in [6.45, 7) is 6.26. The average molecular weight is 841 g/mol. The minimum atomic E-state index is -1.55. The molecule has 1 aliphatic rings. The van der Waals surface area contributed by atoms with Gasteiger partial charge in [-0.05, 0) is 58.7 Å². The van der Waals surface area contributed by atoms with E-state index in [0.717, 1.165) is 38.9 Å². The van der Waals surface area contributed by atoms with E-state index in [2.05, 4.69) is 26.0 Å². The number of rotatable bonds is 17. The zero-order valence-corrected chi connectivity index (χ0v) is 35.8. The lowest BCUT2D eigenvalue weighted by molar-refractivity contribution is -0.141. The third kappa shape index (κ3) is 10.1. The second-order valence-corrected chi connectivity index (χ2v) is 17.0. The Morgan fingerprint density at radius 1 is 0.656 bits per heavy atom. The summed E-state index contributed by atoms with van der Waals surface area (Å²) in [5, 5.41) is 11.0. The van der Waals surface area contributed by atoms with Crippen molar-refractivity contribution in [2.45, 2.75) is 56.0 Å². The summed E-state index contributed by atoms with van der Waals surface area (Å²) in [6, 6.07) is 43.5. The molecule has 0 fully saturated rings. The molecule has 61 heavy (non-hydrogen) atoms. The van der Waals surface area contributed by atoms with E-state index < -0.39 is 58.1 Å². The molecule has 12 heteroatoms. The Kier molecular flexibility index (Phi) is 14.3. The van der Waals surface area contributed by atoms with E-state index in [1.54, 1.807) is 13.8 Å². The fraction of sp³-hybridized carbons (Fsp3) is 0.286. The van der Waals surface area contributed by atoms with Crippen LogP contribution in [-0.2, 0) is 33.4 Å². The molecule has 2 atom stereocenters. The molecule has 0 spiro atoms. The van der Waals surface area contributed by atoms with Crippen LogP contribution in [-0.4, -0.2) is 73.4 Å². The Labute approximate surface area is 361 Å². The van der Waals surface area contributed by atoms with Crippen LogP contribution >= 0.6 is 11.8 Å².